The molecule has 1 unspecified atom stereocenters. The molecule has 0 saturated carbocycles. The van der Waals surface area contributed by atoms with Crippen molar-refractivity contribution in [3.8, 4) is 5.75 Å². The average molecular weight is 315 g/mol. The number of piperidine rings is 1. The van der Waals surface area contributed by atoms with Gasteiger partial charge in [0.1, 0.15) is 12.4 Å². The predicted octanol–water partition coefficient (Wildman–Crippen LogP) is 2.47. The molecule has 0 bridgehead atoms. The smallest absolute Gasteiger partial charge is 0.127 e. The predicted molar refractivity (Wildman–Crippen MR) is 89.5 cm³/mol. The third-order valence-electron chi connectivity index (χ3n) is 5.44. The van der Waals surface area contributed by atoms with Crippen molar-refractivity contribution < 1.29 is 14.6 Å². The minimum absolute atomic E-state index is 0.279. The second-order valence-corrected chi connectivity index (χ2v) is 6.98. The Morgan fingerprint density at radius 3 is 2.87 bits per heavy atom. The zero-order chi connectivity index (χ0) is 15.7. The number of likely N-dealkylation sites (tertiary alicyclic amines) is 1. The monoisotopic (exact) mass is 315 g/mol. The molecule has 124 valence electrons. The van der Waals surface area contributed by atoms with Crippen LogP contribution in [0.3, 0.4) is 0 Å². The molecule has 3 heterocycles. The van der Waals surface area contributed by atoms with E-state index < -0.39 is 0 Å². The summed E-state index contributed by atoms with van der Waals surface area (Å²) in [5.74, 6) is 0.979. The van der Waals surface area contributed by atoms with E-state index in [-0.39, 0.29) is 11.7 Å². The van der Waals surface area contributed by atoms with Gasteiger partial charge in [0, 0.05) is 31.8 Å². The first-order valence-electron chi connectivity index (χ1n) is 8.71. The lowest BCUT2D eigenvalue weighted by Gasteiger charge is -2.47. The molecule has 4 rings (SSSR count). The van der Waals surface area contributed by atoms with Crippen LogP contribution in [0, 0.1) is 0 Å². The molecule has 1 aromatic rings. The highest BCUT2D eigenvalue weighted by atomic mass is 16.5. The van der Waals surface area contributed by atoms with Crippen molar-refractivity contribution in [2.45, 2.75) is 37.4 Å². The van der Waals surface area contributed by atoms with Gasteiger partial charge in [0.2, 0.25) is 0 Å². The Kier molecular flexibility index (Phi) is 4.14. The van der Waals surface area contributed by atoms with Crippen LogP contribution < -0.4 is 4.74 Å². The van der Waals surface area contributed by atoms with Crippen LogP contribution in [0.25, 0.3) is 6.08 Å². The van der Waals surface area contributed by atoms with Gasteiger partial charge >= 0.3 is 0 Å². The van der Waals surface area contributed by atoms with Crippen LogP contribution in [0.15, 0.2) is 29.8 Å². The number of fused-ring (bicyclic) bond motifs is 1. The minimum Gasteiger partial charge on any atom is -0.489 e. The van der Waals surface area contributed by atoms with Crippen molar-refractivity contribution in [3.63, 3.8) is 0 Å². The summed E-state index contributed by atoms with van der Waals surface area (Å²) in [5, 5.41) is 10.3. The lowest BCUT2D eigenvalue weighted by molar-refractivity contribution is -0.176. The first kappa shape index (κ1) is 15.2. The van der Waals surface area contributed by atoms with Gasteiger partial charge in [0.15, 0.2) is 0 Å². The zero-order valence-corrected chi connectivity index (χ0v) is 13.5. The van der Waals surface area contributed by atoms with Crippen LogP contribution in [-0.2, 0) is 4.74 Å². The molecule has 0 aromatic heterocycles. The molecule has 2 fully saturated rings. The van der Waals surface area contributed by atoms with Gasteiger partial charge in [-0.1, -0.05) is 18.2 Å². The highest BCUT2D eigenvalue weighted by Crippen LogP contribution is 2.35. The van der Waals surface area contributed by atoms with E-state index in [4.69, 9.17) is 9.47 Å². The summed E-state index contributed by atoms with van der Waals surface area (Å²) in [6.07, 6.45) is 5.70. The maximum Gasteiger partial charge on any atom is 0.127 e. The van der Waals surface area contributed by atoms with Gasteiger partial charge in [0.25, 0.3) is 0 Å². The Morgan fingerprint density at radius 1 is 1.22 bits per heavy atom. The SMILES string of the molecule is OC1CCCOC12CCN(CC1=Cc3ccccc3OC1)CC2. The van der Waals surface area contributed by atoms with Crippen LogP contribution in [0.1, 0.15) is 31.2 Å². The van der Waals surface area contributed by atoms with Crippen LogP contribution in [0.4, 0.5) is 0 Å². The first-order chi connectivity index (χ1) is 11.3. The number of nitrogens with zero attached hydrogens (tertiary/aromatic N) is 1. The van der Waals surface area contributed by atoms with Crippen LogP contribution in [-0.4, -0.2) is 54.6 Å². The first-order valence-corrected chi connectivity index (χ1v) is 8.71. The lowest BCUT2D eigenvalue weighted by atomic mass is 9.82. The number of hydrogen-bond acceptors (Lipinski definition) is 4. The van der Waals surface area contributed by atoms with Gasteiger partial charge in [-0.3, -0.25) is 4.90 Å². The number of para-hydroxylation sites is 1. The highest BCUT2D eigenvalue weighted by molar-refractivity contribution is 5.62. The Bertz CT molecular complexity index is 590. The van der Waals surface area contributed by atoms with E-state index in [0.29, 0.717) is 6.61 Å². The van der Waals surface area contributed by atoms with Gasteiger partial charge in [-0.25, -0.2) is 0 Å². The van der Waals surface area contributed by atoms with Crippen molar-refractivity contribution in [1.82, 2.24) is 4.90 Å². The van der Waals surface area contributed by atoms with E-state index >= 15 is 0 Å². The molecule has 0 aliphatic carbocycles. The molecule has 4 heteroatoms. The van der Waals surface area contributed by atoms with Crippen molar-refractivity contribution in [2.24, 2.45) is 0 Å². The van der Waals surface area contributed by atoms with Crippen molar-refractivity contribution >= 4 is 6.08 Å². The summed E-state index contributed by atoms with van der Waals surface area (Å²) in [6.45, 7) is 4.39. The van der Waals surface area contributed by atoms with Gasteiger partial charge < -0.3 is 14.6 Å². The second-order valence-electron chi connectivity index (χ2n) is 6.98. The molecule has 1 spiro atoms. The number of benzene rings is 1. The quantitative estimate of drug-likeness (QED) is 0.910. The number of rotatable bonds is 2. The van der Waals surface area contributed by atoms with E-state index in [1.165, 1.54) is 11.1 Å². The Morgan fingerprint density at radius 2 is 2.04 bits per heavy atom. The van der Waals surface area contributed by atoms with E-state index in [1.807, 2.05) is 18.2 Å². The maximum atomic E-state index is 10.3. The molecular formula is C19H25NO3. The van der Waals surface area contributed by atoms with Crippen LogP contribution in [0.2, 0.25) is 0 Å². The minimum atomic E-state index is -0.289. The largest absolute Gasteiger partial charge is 0.489 e. The maximum absolute atomic E-state index is 10.3. The van der Waals surface area contributed by atoms with Gasteiger partial charge in [0.05, 0.1) is 11.7 Å². The number of hydrogen-bond donors (Lipinski definition) is 1. The van der Waals surface area contributed by atoms with Crippen molar-refractivity contribution in [2.75, 3.05) is 32.8 Å². The highest BCUT2D eigenvalue weighted by Gasteiger charge is 2.43. The van der Waals surface area contributed by atoms with Crippen LogP contribution in [0.5, 0.6) is 5.75 Å². The lowest BCUT2D eigenvalue weighted by Crippen LogP contribution is -2.55. The molecule has 2 saturated heterocycles. The van der Waals surface area contributed by atoms with E-state index in [1.54, 1.807) is 0 Å². The Balaban J connectivity index is 1.38. The third kappa shape index (κ3) is 3.03. The number of aliphatic hydroxyl groups excluding tert-OH is 1. The fraction of sp³-hybridized carbons (Fsp3) is 0.579. The van der Waals surface area contributed by atoms with Crippen molar-refractivity contribution in [3.05, 3.63) is 35.4 Å². The normalized spacial score (nSPS) is 27.2. The van der Waals surface area contributed by atoms with Gasteiger partial charge in [-0.05, 0) is 43.4 Å². The molecule has 4 nitrogen and oxygen atoms in total. The summed E-state index contributed by atoms with van der Waals surface area (Å²) in [6, 6.07) is 8.19. The number of aliphatic hydroxyl groups is 1. The molecule has 1 atom stereocenters. The van der Waals surface area contributed by atoms with E-state index in [9.17, 15) is 5.11 Å². The fourth-order valence-corrected chi connectivity index (χ4v) is 4.02. The molecule has 1 N–H and O–H groups in total. The summed E-state index contributed by atoms with van der Waals surface area (Å²) in [5.41, 5.74) is 2.22. The second kappa shape index (κ2) is 6.27. The standard InChI is InChI=1S/C19H25NO3/c21-18-6-3-11-23-19(18)7-9-20(10-8-19)13-15-12-16-4-1-2-5-17(16)22-14-15/h1-2,4-5,12,18,21H,3,6-11,13-14H2. The van der Waals surface area contributed by atoms with E-state index in [0.717, 1.165) is 57.7 Å². The number of ether oxygens (including phenoxy) is 2. The molecule has 23 heavy (non-hydrogen) atoms. The average Bonchev–Trinajstić information content (AvgIpc) is 2.60. The summed E-state index contributed by atoms with van der Waals surface area (Å²) >= 11 is 0. The Labute approximate surface area is 137 Å². The molecule has 3 aliphatic rings. The topological polar surface area (TPSA) is 41.9 Å². The third-order valence-corrected chi connectivity index (χ3v) is 5.44. The van der Waals surface area contributed by atoms with Crippen LogP contribution >= 0.6 is 0 Å². The zero-order valence-electron chi connectivity index (χ0n) is 13.5. The summed E-state index contributed by atoms with van der Waals surface area (Å²) in [4.78, 5) is 2.46. The summed E-state index contributed by atoms with van der Waals surface area (Å²) < 4.78 is 11.8. The van der Waals surface area contributed by atoms with Gasteiger partial charge in [-0.2, -0.15) is 0 Å². The molecule has 1 aromatic carbocycles. The molecule has 0 radical (unpaired) electrons. The fourth-order valence-electron chi connectivity index (χ4n) is 4.02. The van der Waals surface area contributed by atoms with Crippen molar-refractivity contribution in [1.29, 1.82) is 0 Å². The Hall–Kier alpha value is -1.36. The molecule has 0 amide bonds. The molecular weight excluding hydrogens is 290 g/mol. The molecule has 3 aliphatic heterocycles. The van der Waals surface area contributed by atoms with E-state index in [2.05, 4.69) is 17.0 Å². The summed E-state index contributed by atoms with van der Waals surface area (Å²) in [7, 11) is 0. The van der Waals surface area contributed by atoms with Gasteiger partial charge in [-0.15, -0.1) is 0 Å².